The normalized spacial score (nSPS) is 8.88. The van der Waals surface area contributed by atoms with Crippen LogP contribution in [0.25, 0.3) is 0 Å². The van der Waals surface area contributed by atoms with Crippen LogP contribution in [0.2, 0.25) is 0 Å². The molecular weight excluding hydrogens is 102 g/mol. The van der Waals surface area contributed by atoms with Crippen LogP contribution in [-0.2, 0) is 4.79 Å². The van der Waals surface area contributed by atoms with Gasteiger partial charge in [-0.1, -0.05) is 6.92 Å². The highest BCUT2D eigenvalue weighted by molar-refractivity contribution is 5.83. The van der Waals surface area contributed by atoms with Crippen molar-refractivity contribution >= 4 is 5.91 Å². The molecular formula is C6H12NO. The Bertz CT molecular complexity index is 80.6. The summed E-state index contributed by atoms with van der Waals surface area (Å²) in [5.74, 6) is 0.0903. The Hall–Kier alpha value is -0.530. The van der Waals surface area contributed by atoms with Crippen molar-refractivity contribution < 1.29 is 4.79 Å². The van der Waals surface area contributed by atoms with Crippen molar-refractivity contribution in [3.63, 3.8) is 0 Å². The lowest BCUT2D eigenvalue weighted by Crippen LogP contribution is -2.25. The minimum atomic E-state index is 0.0903. The molecule has 2 heteroatoms. The van der Waals surface area contributed by atoms with E-state index < -0.39 is 0 Å². The lowest BCUT2D eigenvalue weighted by molar-refractivity contribution is -0.126. The van der Waals surface area contributed by atoms with Crippen LogP contribution in [0.3, 0.4) is 0 Å². The maximum atomic E-state index is 10.6. The standard InChI is InChI=1S/C6H12NO/c1-4-6(8)7(3)5-2/h4H,5H2,1-3H3. The zero-order chi connectivity index (χ0) is 6.57. The summed E-state index contributed by atoms with van der Waals surface area (Å²) in [4.78, 5) is 12.3. The van der Waals surface area contributed by atoms with Gasteiger partial charge in [0.1, 0.15) is 0 Å². The number of rotatable bonds is 2. The number of hydrogen-bond acceptors (Lipinski definition) is 1. The fourth-order valence-corrected chi connectivity index (χ4v) is 0.376. The summed E-state index contributed by atoms with van der Waals surface area (Å²) in [5, 5.41) is 0. The van der Waals surface area contributed by atoms with E-state index in [4.69, 9.17) is 0 Å². The summed E-state index contributed by atoms with van der Waals surface area (Å²) in [6.07, 6.45) is 1.56. The van der Waals surface area contributed by atoms with Gasteiger partial charge in [0.25, 0.3) is 0 Å². The Morgan fingerprint density at radius 1 is 1.75 bits per heavy atom. The molecule has 1 amide bonds. The van der Waals surface area contributed by atoms with Crippen LogP contribution in [0.4, 0.5) is 0 Å². The first-order valence-electron chi connectivity index (χ1n) is 2.76. The predicted molar refractivity (Wildman–Crippen MR) is 33.3 cm³/mol. The van der Waals surface area contributed by atoms with Crippen molar-refractivity contribution in [2.24, 2.45) is 0 Å². The number of amides is 1. The number of nitrogens with zero attached hydrogens (tertiary/aromatic N) is 1. The van der Waals surface area contributed by atoms with Crippen molar-refractivity contribution in [2.45, 2.75) is 13.8 Å². The van der Waals surface area contributed by atoms with Gasteiger partial charge in [0.05, 0.1) is 0 Å². The van der Waals surface area contributed by atoms with Crippen molar-refractivity contribution in [3.05, 3.63) is 6.42 Å². The van der Waals surface area contributed by atoms with Crippen LogP contribution in [0, 0.1) is 6.42 Å². The average Bonchev–Trinajstić information content (AvgIpc) is 1.84. The van der Waals surface area contributed by atoms with Gasteiger partial charge in [-0.05, 0) is 6.92 Å². The molecule has 0 fully saturated rings. The third kappa shape index (κ3) is 1.96. The third-order valence-corrected chi connectivity index (χ3v) is 1.10. The zero-order valence-corrected chi connectivity index (χ0v) is 5.64. The number of hydrogen-bond donors (Lipinski definition) is 0. The molecule has 0 rings (SSSR count). The van der Waals surface area contributed by atoms with Gasteiger partial charge in [-0.3, -0.25) is 4.79 Å². The van der Waals surface area contributed by atoms with E-state index >= 15 is 0 Å². The maximum Gasteiger partial charge on any atom is 0.225 e. The fraction of sp³-hybridized carbons (Fsp3) is 0.667. The van der Waals surface area contributed by atoms with E-state index in [9.17, 15) is 4.79 Å². The van der Waals surface area contributed by atoms with Gasteiger partial charge in [0.2, 0.25) is 5.91 Å². The van der Waals surface area contributed by atoms with E-state index in [1.807, 2.05) is 6.92 Å². The van der Waals surface area contributed by atoms with Gasteiger partial charge >= 0.3 is 0 Å². The number of carbonyl (C=O) groups excluding carboxylic acids is 1. The van der Waals surface area contributed by atoms with Gasteiger partial charge in [0, 0.05) is 20.0 Å². The third-order valence-electron chi connectivity index (χ3n) is 1.10. The second kappa shape index (κ2) is 3.47. The molecule has 0 unspecified atom stereocenters. The Kier molecular flexibility index (Phi) is 3.24. The van der Waals surface area contributed by atoms with Crippen LogP contribution in [0.1, 0.15) is 13.8 Å². The molecule has 0 spiro atoms. The molecule has 2 nitrogen and oxygen atoms in total. The Morgan fingerprint density at radius 3 is 2.38 bits per heavy atom. The van der Waals surface area contributed by atoms with Crippen molar-refractivity contribution in [1.29, 1.82) is 0 Å². The van der Waals surface area contributed by atoms with Gasteiger partial charge in [0.15, 0.2) is 0 Å². The van der Waals surface area contributed by atoms with E-state index in [1.165, 1.54) is 0 Å². The van der Waals surface area contributed by atoms with Gasteiger partial charge < -0.3 is 4.90 Å². The van der Waals surface area contributed by atoms with Crippen LogP contribution in [0.15, 0.2) is 0 Å². The Labute approximate surface area is 50.5 Å². The zero-order valence-electron chi connectivity index (χ0n) is 5.64. The SMILES string of the molecule is C[CH]C(=O)N(C)CC. The van der Waals surface area contributed by atoms with Crippen LogP contribution < -0.4 is 0 Å². The smallest absolute Gasteiger partial charge is 0.225 e. The van der Waals surface area contributed by atoms with E-state index in [0.29, 0.717) is 0 Å². The molecule has 0 bridgehead atoms. The minimum Gasteiger partial charge on any atom is -0.346 e. The average molecular weight is 114 g/mol. The lowest BCUT2D eigenvalue weighted by Gasteiger charge is -2.11. The molecule has 0 heterocycles. The molecule has 0 saturated heterocycles. The summed E-state index contributed by atoms with van der Waals surface area (Å²) in [6, 6.07) is 0. The van der Waals surface area contributed by atoms with Crippen molar-refractivity contribution in [3.8, 4) is 0 Å². The first-order valence-corrected chi connectivity index (χ1v) is 2.76. The van der Waals surface area contributed by atoms with Crippen molar-refractivity contribution in [1.82, 2.24) is 4.90 Å². The second-order valence-electron chi connectivity index (χ2n) is 1.64. The highest BCUT2D eigenvalue weighted by Gasteiger charge is 2.00. The van der Waals surface area contributed by atoms with Crippen molar-refractivity contribution in [2.75, 3.05) is 13.6 Å². The maximum absolute atomic E-state index is 10.6. The molecule has 0 aromatic heterocycles. The van der Waals surface area contributed by atoms with Crippen LogP contribution in [0.5, 0.6) is 0 Å². The van der Waals surface area contributed by atoms with Gasteiger partial charge in [-0.15, -0.1) is 0 Å². The first kappa shape index (κ1) is 7.47. The molecule has 0 atom stereocenters. The molecule has 0 N–H and O–H groups in total. The largest absolute Gasteiger partial charge is 0.346 e. The second-order valence-corrected chi connectivity index (χ2v) is 1.64. The van der Waals surface area contributed by atoms with Gasteiger partial charge in [-0.2, -0.15) is 0 Å². The number of carbonyl (C=O) groups is 1. The molecule has 47 valence electrons. The predicted octanol–water partition coefficient (Wildman–Crippen LogP) is 0.689. The fourth-order valence-electron chi connectivity index (χ4n) is 0.376. The molecule has 0 saturated carbocycles. The van der Waals surface area contributed by atoms with E-state index in [1.54, 1.807) is 25.3 Å². The topological polar surface area (TPSA) is 20.3 Å². The lowest BCUT2D eigenvalue weighted by atomic mass is 10.4. The molecule has 0 aliphatic rings. The molecule has 1 radical (unpaired) electrons. The molecule has 0 aliphatic carbocycles. The highest BCUT2D eigenvalue weighted by Crippen LogP contribution is 1.85. The van der Waals surface area contributed by atoms with E-state index in [0.717, 1.165) is 6.54 Å². The quantitative estimate of drug-likeness (QED) is 0.517. The van der Waals surface area contributed by atoms with Crippen LogP contribution >= 0.6 is 0 Å². The molecule has 0 aromatic carbocycles. The Morgan fingerprint density at radius 2 is 2.25 bits per heavy atom. The monoisotopic (exact) mass is 114 g/mol. The first-order chi connectivity index (χ1) is 3.72. The summed E-state index contributed by atoms with van der Waals surface area (Å²) in [7, 11) is 1.78. The highest BCUT2D eigenvalue weighted by atomic mass is 16.2. The van der Waals surface area contributed by atoms with Crippen LogP contribution in [-0.4, -0.2) is 24.4 Å². The Balaban J connectivity index is 3.46. The summed E-state index contributed by atoms with van der Waals surface area (Å²) in [6.45, 7) is 4.47. The van der Waals surface area contributed by atoms with E-state index in [-0.39, 0.29) is 5.91 Å². The van der Waals surface area contributed by atoms with Gasteiger partial charge in [-0.25, -0.2) is 0 Å². The van der Waals surface area contributed by atoms with E-state index in [2.05, 4.69) is 0 Å². The summed E-state index contributed by atoms with van der Waals surface area (Å²) >= 11 is 0. The summed E-state index contributed by atoms with van der Waals surface area (Å²) < 4.78 is 0. The molecule has 0 aliphatic heterocycles. The summed E-state index contributed by atoms with van der Waals surface area (Å²) in [5.41, 5.74) is 0. The molecule has 0 aromatic rings. The molecule has 8 heavy (non-hydrogen) atoms. The minimum absolute atomic E-state index is 0.0903.